The Balaban J connectivity index is 3.50. The Labute approximate surface area is 74.7 Å². The van der Waals surface area contributed by atoms with Crippen molar-refractivity contribution in [2.45, 2.75) is 18.8 Å². The van der Waals surface area contributed by atoms with Crippen LogP contribution in [0.4, 0.5) is 4.39 Å². The molecule has 0 aliphatic carbocycles. The Morgan fingerprint density at radius 3 is 2.58 bits per heavy atom. The van der Waals surface area contributed by atoms with Gasteiger partial charge in [-0.1, -0.05) is 0 Å². The first-order valence-electron chi connectivity index (χ1n) is 3.38. The number of carbonyl (C=O) groups excluding carboxylic acids is 2. The molecular formula is C7H11FO3S. The monoisotopic (exact) mass is 194 g/mol. The molecule has 0 rings (SSSR count). The standard InChI is InChI=1S/C7H11FO3S/c1-5(9)3-7(10)11-4-6(8)12-2/h6H,3-4H2,1-2H3. The Hall–Kier alpha value is -0.580. The van der Waals surface area contributed by atoms with Crippen LogP contribution in [-0.2, 0) is 14.3 Å². The summed E-state index contributed by atoms with van der Waals surface area (Å²) in [6.07, 6.45) is 1.30. The van der Waals surface area contributed by atoms with Crippen LogP contribution in [-0.4, -0.2) is 30.1 Å². The third-order valence-corrected chi connectivity index (χ3v) is 1.67. The number of ketones is 1. The zero-order chi connectivity index (χ0) is 9.56. The van der Waals surface area contributed by atoms with Crippen LogP contribution in [0.2, 0.25) is 0 Å². The summed E-state index contributed by atoms with van der Waals surface area (Å²) in [5.74, 6) is -0.946. The van der Waals surface area contributed by atoms with Crippen LogP contribution in [0.15, 0.2) is 0 Å². The highest BCUT2D eigenvalue weighted by atomic mass is 32.2. The summed E-state index contributed by atoms with van der Waals surface area (Å²) in [5, 5.41) is 0. The van der Waals surface area contributed by atoms with Gasteiger partial charge in [-0.05, 0) is 13.2 Å². The van der Waals surface area contributed by atoms with Crippen molar-refractivity contribution < 1.29 is 18.7 Å². The van der Waals surface area contributed by atoms with E-state index >= 15 is 0 Å². The highest BCUT2D eigenvalue weighted by Crippen LogP contribution is 2.07. The molecule has 0 spiro atoms. The van der Waals surface area contributed by atoms with Gasteiger partial charge in [0.25, 0.3) is 0 Å². The number of hydrogen-bond acceptors (Lipinski definition) is 4. The van der Waals surface area contributed by atoms with E-state index in [1.54, 1.807) is 6.26 Å². The van der Waals surface area contributed by atoms with Crippen LogP contribution in [0, 0.1) is 0 Å². The lowest BCUT2D eigenvalue weighted by molar-refractivity contribution is -0.146. The van der Waals surface area contributed by atoms with Crippen LogP contribution < -0.4 is 0 Å². The van der Waals surface area contributed by atoms with Gasteiger partial charge in [0.1, 0.15) is 18.8 Å². The van der Waals surface area contributed by atoms with E-state index < -0.39 is 11.5 Å². The summed E-state index contributed by atoms with van der Waals surface area (Å²) in [4.78, 5) is 21.0. The molecule has 0 heterocycles. The topological polar surface area (TPSA) is 43.4 Å². The number of thioether (sulfide) groups is 1. The molecule has 0 amide bonds. The average Bonchev–Trinajstić information content (AvgIpc) is 1.99. The molecule has 0 aromatic carbocycles. The van der Waals surface area contributed by atoms with E-state index in [1.165, 1.54) is 6.92 Å². The quantitative estimate of drug-likeness (QED) is 0.486. The molecule has 0 fully saturated rings. The third kappa shape index (κ3) is 6.15. The van der Waals surface area contributed by atoms with E-state index in [0.717, 1.165) is 11.8 Å². The summed E-state index contributed by atoms with van der Waals surface area (Å²) >= 11 is 0.957. The summed E-state index contributed by atoms with van der Waals surface area (Å²) in [6.45, 7) is 0.996. The lowest BCUT2D eigenvalue weighted by atomic mass is 10.3. The number of Topliss-reactive ketones (excluding diaryl/α,β-unsaturated/α-hetero) is 1. The molecule has 0 saturated carbocycles. The van der Waals surface area contributed by atoms with Crippen molar-refractivity contribution in [1.82, 2.24) is 0 Å². The smallest absolute Gasteiger partial charge is 0.313 e. The summed E-state index contributed by atoms with van der Waals surface area (Å²) < 4.78 is 16.9. The highest BCUT2D eigenvalue weighted by molar-refractivity contribution is 7.99. The van der Waals surface area contributed by atoms with Gasteiger partial charge in [-0.15, -0.1) is 11.8 Å². The Morgan fingerprint density at radius 1 is 1.58 bits per heavy atom. The number of ether oxygens (including phenoxy) is 1. The first kappa shape index (κ1) is 11.4. The molecule has 1 atom stereocenters. The van der Waals surface area contributed by atoms with Crippen molar-refractivity contribution in [1.29, 1.82) is 0 Å². The molecule has 70 valence electrons. The van der Waals surface area contributed by atoms with E-state index in [0.29, 0.717) is 0 Å². The molecule has 0 bridgehead atoms. The van der Waals surface area contributed by atoms with Crippen molar-refractivity contribution in [3.8, 4) is 0 Å². The van der Waals surface area contributed by atoms with Gasteiger partial charge in [0, 0.05) is 0 Å². The minimum absolute atomic E-state index is 0.277. The molecule has 0 aromatic rings. The van der Waals surface area contributed by atoms with E-state index in [2.05, 4.69) is 4.74 Å². The number of carbonyl (C=O) groups is 2. The number of alkyl halides is 1. The van der Waals surface area contributed by atoms with Crippen LogP contribution in [0.1, 0.15) is 13.3 Å². The van der Waals surface area contributed by atoms with Crippen molar-refractivity contribution >= 4 is 23.5 Å². The van der Waals surface area contributed by atoms with Gasteiger partial charge in [-0.3, -0.25) is 9.59 Å². The molecule has 5 heteroatoms. The third-order valence-electron chi connectivity index (χ3n) is 1.02. The Bertz CT molecular complexity index is 172. The van der Waals surface area contributed by atoms with Gasteiger partial charge in [-0.25, -0.2) is 4.39 Å². The zero-order valence-corrected chi connectivity index (χ0v) is 7.82. The maximum atomic E-state index is 12.4. The lowest BCUT2D eigenvalue weighted by Crippen LogP contribution is -2.14. The van der Waals surface area contributed by atoms with Crippen molar-refractivity contribution in [2.24, 2.45) is 0 Å². The van der Waals surface area contributed by atoms with E-state index in [1.807, 2.05) is 0 Å². The van der Waals surface area contributed by atoms with Gasteiger partial charge in [0.15, 0.2) is 5.50 Å². The minimum Gasteiger partial charge on any atom is -0.461 e. The average molecular weight is 194 g/mol. The lowest BCUT2D eigenvalue weighted by Gasteiger charge is -2.05. The first-order valence-corrected chi connectivity index (χ1v) is 4.67. The van der Waals surface area contributed by atoms with Crippen molar-refractivity contribution in [3.05, 3.63) is 0 Å². The van der Waals surface area contributed by atoms with E-state index in [9.17, 15) is 14.0 Å². The van der Waals surface area contributed by atoms with Gasteiger partial charge < -0.3 is 4.74 Å². The predicted octanol–water partition coefficient (Wildman–Crippen LogP) is 1.17. The van der Waals surface area contributed by atoms with Gasteiger partial charge in [-0.2, -0.15) is 0 Å². The van der Waals surface area contributed by atoms with Crippen LogP contribution in [0.3, 0.4) is 0 Å². The fraction of sp³-hybridized carbons (Fsp3) is 0.714. The molecule has 0 saturated heterocycles. The van der Waals surface area contributed by atoms with Gasteiger partial charge >= 0.3 is 5.97 Å². The summed E-state index contributed by atoms with van der Waals surface area (Å²) in [6, 6.07) is 0. The maximum absolute atomic E-state index is 12.4. The molecule has 0 N–H and O–H groups in total. The number of rotatable bonds is 5. The summed E-state index contributed by atoms with van der Waals surface area (Å²) in [7, 11) is 0. The number of esters is 1. The summed E-state index contributed by atoms with van der Waals surface area (Å²) in [5.41, 5.74) is -1.21. The second kappa shape index (κ2) is 5.99. The van der Waals surface area contributed by atoms with E-state index in [4.69, 9.17) is 0 Å². The molecule has 0 aromatic heterocycles. The zero-order valence-electron chi connectivity index (χ0n) is 7.00. The molecule has 0 aliphatic rings. The maximum Gasteiger partial charge on any atom is 0.313 e. The highest BCUT2D eigenvalue weighted by Gasteiger charge is 2.10. The molecule has 12 heavy (non-hydrogen) atoms. The van der Waals surface area contributed by atoms with Crippen molar-refractivity contribution in [3.63, 3.8) is 0 Å². The van der Waals surface area contributed by atoms with Gasteiger partial charge in [0.05, 0.1) is 0 Å². The number of halogens is 1. The Kier molecular flexibility index (Phi) is 5.70. The van der Waals surface area contributed by atoms with Crippen LogP contribution in [0.5, 0.6) is 0 Å². The molecule has 0 aliphatic heterocycles. The molecule has 3 nitrogen and oxygen atoms in total. The van der Waals surface area contributed by atoms with E-state index in [-0.39, 0.29) is 18.8 Å². The normalized spacial score (nSPS) is 12.2. The second-order valence-corrected chi connectivity index (χ2v) is 3.19. The molecule has 0 radical (unpaired) electrons. The Morgan fingerprint density at radius 2 is 2.17 bits per heavy atom. The predicted molar refractivity (Wildman–Crippen MR) is 44.7 cm³/mol. The fourth-order valence-corrected chi connectivity index (χ4v) is 0.685. The van der Waals surface area contributed by atoms with Crippen molar-refractivity contribution in [2.75, 3.05) is 12.9 Å². The number of hydrogen-bond donors (Lipinski definition) is 0. The fourth-order valence-electron chi connectivity index (χ4n) is 0.481. The van der Waals surface area contributed by atoms with Crippen LogP contribution >= 0.6 is 11.8 Å². The van der Waals surface area contributed by atoms with Gasteiger partial charge in [0.2, 0.25) is 0 Å². The minimum atomic E-state index is -1.21. The largest absolute Gasteiger partial charge is 0.461 e. The second-order valence-electron chi connectivity index (χ2n) is 2.21. The first-order chi connectivity index (χ1) is 5.56. The SMILES string of the molecule is CSC(F)COC(=O)CC(C)=O. The molecule has 1 unspecified atom stereocenters. The molecular weight excluding hydrogens is 183 g/mol. The van der Waals surface area contributed by atoms with Crippen LogP contribution in [0.25, 0.3) is 0 Å².